The largest absolute Gasteiger partial charge is 0.464 e. The fourth-order valence-corrected chi connectivity index (χ4v) is 4.59. The van der Waals surface area contributed by atoms with Crippen molar-refractivity contribution in [1.29, 1.82) is 0 Å². The molecule has 3 atom stereocenters. The van der Waals surface area contributed by atoms with E-state index in [4.69, 9.17) is 10.5 Å². The van der Waals surface area contributed by atoms with E-state index in [2.05, 4.69) is 40.9 Å². The van der Waals surface area contributed by atoms with Crippen molar-refractivity contribution < 1.29 is 38.3 Å². The highest BCUT2D eigenvalue weighted by Gasteiger charge is 2.30. The Kier molecular flexibility index (Phi) is 15.8. The molecule has 14 nitrogen and oxygen atoms in total. The highest BCUT2D eigenvalue weighted by molar-refractivity contribution is 6.76. The van der Waals surface area contributed by atoms with Crippen LogP contribution in [0.1, 0.15) is 46.5 Å². The second kappa shape index (κ2) is 18.2. The third-order valence-electron chi connectivity index (χ3n) is 6.53. The molecule has 15 heteroatoms. The molecular formula is C28H48N6O8Si. The SMILES string of the molecule is CC(C)[C@H](NC(=O)CN1C(=O)C=CC1=O)C(=O)N[C@@H](C)C(=O)NCCC(=O)N[C@@H](CCCCN)C(=O)OCC[Si](C)(C)C. The molecule has 1 aliphatic heterocycles. The van der Waals surface area contributed by atoms with Gasteiger partial charge in [0.25, 0.3) is 11.8 Å². The van der Waals surface area contributed by atoms with Crippen molar-refractivity contribution in [3.05, 3.63) is 12.2 Å². The van der Waals surface area contributed by atoms with Gasteiger partial charge in [-0.15, -0.1) is 0 Å². The zero-order valence-corrected chi connectivity index (χ0v) is 27.1. The van der Waals surface area contributed by atoms with Gasteiger partial charge in [-0.1, -0.05) is 33.5 Å². The average Bonchev–Trinajstić information content (AvgIpc) is 3.22. The van der Waals surface area contributed by atoms with Crippen molar-refractivity contribution in [3.8, 4) is 0 Å². The van der Waals surface area contributed by atoms with E-state index >= 15 is 0 Å². The lowest BCUT2D eigenvalue weighted by molar-refractivity contribution is -0.147. The molecule has 6 amide bonds. The summed E-state index contributed by atoms with van der Waals surface area (Å²) in [5.41, 5.74) is 5.55. The highest BCUT2D eigenvalue weighted by atomic mass is 28.3. The molecule has 1 aliphatic rings. The van der Waals surface area contributed by atoms with Crippen LogP contribution in [-0.4, -0.2) is 98.8 Å². The van der Waals surface area contributed by atoms with E-state index in [0.29, 0.717) is 32.4 Å². The molecule has 0 aromatic heterocycles. The minimum Gasteiger partial charge on any atom is -0.464 e. The number of nitrogens with two attached hydrogens (primary N) is 1. The first-order valence-corrected chi connectivity index (χ1v) is 18.3. The molecule has 0 aliphatic carbocycles. The quantitative estimate of drug-likeness (QED) is 0.0546. The molecule has 1 heterocycles. The number of unbranched alkanes of at least 4 members (excludes halogenated alkanes) is 1. The van der Waals surface area contributed by atoms with Crippen molar-refractivity contribution >= 4 is 49.5 Å². The number of esters is 1. The smallest absolute Gasteiger partial charge is 0.328 e. The summed E-state index contributed by atoms with van der Waals surface area (Å²) in [6.07, 6.45) is 3.73. The molecule has 6 N–H and O–H groups in total. The number of carbonyl (C=O) groups excluding carboxylic acids is 7. The van der Waals surface area contributed by atoms with Crippen LogP contribution in [0, 0.1) is 5.92 Å². The zero-order valence-electron chi connectivity index (χ0n) is 26.1. The van der Waals surface area contributed by atoms with Crippen molar-refractivity contribution in [2.45, 2.75) is 90.3 Å². The van der Waals surface area contributed by atoms with Gasteiger partial charge in [-0.25, -0.2) is 4.79 Å². The number of carbonyl (C=O) groups is 7. The normalized spacial score (nSPS) is 15.1. The van der Waals surface area contributed by atoms with Crippen LogP contribution in [-0.2, 0) is 38.3 Å². The maximum Gasteiger partial charge on any atom is 0.328 e. The number of amides is 6. The minimum absolute atomic E-state index is 0.0403. The average molecular weight is 625 g/mol. The summed E-state index contributed by atoms with van der Waals surface area (Å²) >= 11 is 0. The molecule has 0 bridgehead atoms. The number of nitrogens with zero attached hydrogens (tertiary/aromatic N) is 1. The molecule has 0 saturated carbocycles. The van der Waals surface area contributed by atoms with E-state index in [1.54, 1.807) is 13.8 Å². The van der Waals surface area contributed by atoms with E-state index in [1.807, 2.05) is 0 Å². The fraction of sp³-hybridized carbons (Fsp3) is 0.679. The van der Waals surface area contributed by atoms with Crippen LogP contribution >= 0.6 is 0 Å². The third kappa shape index (κ3) is 14.4. The van der Waals surface area contributed by atoms with E-state index < -0.39 is 74.2 Å². The van der Waals surface area contributed by atoms with Gasteiger partial charge in [0.1, 0.15) is 24.7 Å². The Morgan fingerprint density at radius 3 is 2.09 bits per heavy atom. The van der Waals surface area contributed by atoms with Gasteiger partial charge in [0.15, 0.2) is 0 Å². The van der Waals surface area contributed by atoms with Crippen LogP contribution < -0.4 is 27.0 Å². The third-order valence-corrected chi connectivity index (χ3v) is 8.24. The first kappa shape index (κ1) is 37.4. The van der Waals surface area contributed by atoms with Crippen molar-refractivity contribution in [1.82, 2.24) is 26.2 Å². The molecule has 0 saturated heterocycles. The number of ether oxygens (including phenoxy) is 1. The summed E-state index contributed by atoms with van der Waals surface area (Å²) in [5, 5.41) is 10.3. The van der Waals surface area contributed by atoms with Crippen molar-refractivity contribution in [3.63, 3.8) is 0 Å². The van der Waals surface area contributed by atoms with Gasteiger partial charge in [-0.3, -0.25) is 33.7 Å². The maximum absolute atomic E-state index is 12.8. The van der Waals surface area contributed by atoms with Crippen LogP contribution in [0.25, 0.3) is 0 Å². The Balaban J connectivity index is 2.56. The molecule has 0 unspecified atom stereocenters. The molecule has 43 heavy (non-hydrogen) atoms. The van der Waals surface area contributed by atoms with Crippen molar-refractivity contribution in [2.24, 2.45) is 11.7 Å². The lowest BCUT2D eigenvalue weighted by Gasteiger charge is -2.24. The Morgan fingerprint density at radius 1 is 0.907 bits per heavy atom. The van der Waals surface area contributed by atoms with E-state index in [0.717, 1.165) is 23.1 Å². The summed E-state index contributed by atoms with van der Waals surface area (Å²) in [7, 11) is -1.39. The van der Waals surface area contributed by atoms with Gasteiger partial charge in [-0.05, 0) is 44.7 Å². The van der Waals surface area contributed by atoms with E-state index in [-0.39, 0.29) is 18.9 Å². The van der Waals surface area contributed by atoms with Crippen LogP contribution in [0.2, 0.25) is 25.7 Å². The summed E-state index contributed by atoms with van der Waals surface area (Å²) in [4.78, 5) is 87.1. The van der Waals surface area contributed by atoms with Crippen LogP contribution in [0.15, 0.2) is 12.2 Å². The Hall–Kier alpha value is -3.59. The van der Waals surface area contributed by atoms with Crippen LogP contribution in [0.4, 0.5) is 0 Å². The lowest BCUT2D eigenvalue weighted by atomic mass is 10.0. The first-order valence-electron chi connectivity index (χ1n) is 14.6. The zero-order chi connectivity index (χ0) is 32.7. The number of rotatable bonds is 19. The molecule has 0 radical (unpaired) electrons. The van der Waals surface area contributed by atoms with E-state index in [9.17, 15) is 33.6 Å². The number of hydrogen-bond acceptors (Lipinski definition) is 9. The van der Waals surface area contributed by atoms with Crippen molar-refractivity contribution in [2.75, 3.05) is 26.2 Å². The molecular weight excluding hydrogens is 576 g/mol. The summed E-state index contributed by atoms with van der Waals surface area (Å²) < 4.78 is 5.40. The van der Waals surface area contributed by atoms with Gasteiger partial charge in [0.05, 0.1) is 6.61 Å². The topological polar surface area (TPSA) is 206 Å². The summed E-state index contributed by atoms with van der Waals surface area (Å²) in [6, 6.07) is -2.03. The molecule has 0 fully saturated rings. The van der Waals surface area contributed by atoms with Crippen LogP contribution in [0.3, 0.4) is 0 Å². The fourth-order valence-electron chi connectivity index (χ4n) is 3.87. The highest BCUT2D eigenvalue weighted by Crippen LogP contribution is 2.10. The van der Waals surface area contributed by atoms with Gasteiger partial charge in [0.2, 0.25) is 23.6 Å². The predicted octanol–water partition coefficient (Wildman–Crippen LogP) is -0.442. The molecule has 0 spiro atoms. The minimum atomic E-state index is -1.39. The molecule has 0 aromatic carbocycles. The number of hydrogen-bond donors (Lipinski definition) is 5. The van der Waals surface area contributed by atoms with Crippen LogP contribution in [0.5, 0.6) is 0 Å². The first-order chi connectivity index (χ1) is 20.0. The molecule has 1 rings (SSSR count). The maximum atomic E-state index is 12.8. The molecule has 242 valence electrons. The number of nitrogens with one attached hydrogen (secondary N) is 4. The summed E-state index contributed by atoms with van der Waals surface area (Å²) in [6.45, 7) is 11.5. The Morgan fingerprint density at radius 2 is 1.53 bits per heavy atom. The second-order valence-corrected chi connectivity index (χ2v) is 17.7. The number of imide groups is 1. The predicted molar refractivity (Wildman–Crippen MR) is 162 cm³/mol. The van der Waals surface area contributed by atoms with Gasteiger partial charge in [-0.2, -0.15) is 0 Å². The molecule has 0 aromatic rings. The van der Waals surface area contributed by atoms with Gasteiger partial charge >= 0.3 is 5.97 Å². The van der Waals surface area contributed by atoms with Gasteiger partial charge < -0.3 is 31.7 Å². The lowest BCUT2D eigenvalue weighted by Crippen LogP contribution is -2.56. The van der Waals surface area contributed by atoms with Gasteiger partial charge in [0, 0.05) is 33.2 Å². The standard InChI is InChI=1S/C28H48N6O8Si/c1-18(2)25(33-22(36)17-34-23(37)10-11-24(34)38)27(40)31-19(3)26(39)30-14-12-21(35)32-20(9-7-8-13-29)28(41)42-15-16-43(4,5)6/h10-11,18-20,25H,7-9,12-17,29H2,1-6H3,(H,30,39)(H,31,40)(H,32,35)(H,33,36)/t19-,20-,25-/m0/s1. The second-order valence-electron chi connectivity index (χ2n) is 12.0. The monoisotopic (exact) mass is 624 g/mol. The Labute approximate surface area is 254 Å². The van der Waals surface area contributed by atoms with E-state index in [1.165, 1.54) is 6.92 Å². The summed E-state index contributed by atoms with van der Waals surface area (Å²) in [5.74, 6) is -4.44. The Bertz CT molecular complexity index is 1040.